The number of carbonyl (C=O) groups is 1. The van der Waals surface area contributed by atoms with Gasteiger partial charge in [-0.1, -0.05) is 12.1 Å². The topological polar surface area (TPSA) is 56.8 Å². The van der Waals surface area contributed by atoms with Crippen LogP contribution in [0.2, 0.25) is 0 Å². The molecular weight excluding hydrogens is 410 g/mol. The first-order valence-electron chi connectivity index (χ1n) is 10.1. The first-order valence-corrected chi connectivity index (χ1v) is 10.1. The zero-order valence-electron chi connectivity index (χ0n) is 19.4. The maximum atomic E-state index is 13.2. The van der Waals surface area contributed by atoms with E-state index in [4.69, 9.17) is 14.0 Å². The largest absolute Gasteiger partial charge is 0.492 e. The van der Waals surface area contributed by atoms with Crippen LogP contribution in [0.25, 0.3) is 6.08 Å². The summed E-state index contributed by atoms with van der Waals surface area (Å²) in [7, 11) is -0.839. The molecule has 9 heteroatoms. The van der Waals surface area contributed by atoms with Crippen LogP contribution in [0.1, 0.15) is 65.2 Å². The molecule has 1 N–H and O–H groups in total. The average Bonchev–Trinajstić information content (AvgIpc) is 2.78. The van der Waals surface area contributed by atoms with Gasteiger partial charge >= 0.3 is 19.4 Å². The predicted octanol–water partition coefficient (Wildman–Crippen LogP) is 5.55. The van der Waals surface area contributed by atoms with Crippen LogP contribution in [-0.4, -0.2) is 36.6 Å². The molecule has 0 bridgehead atoms. The number of nitrogens with one attached hydrogen (secondary N) is 1. The van der Waals surface area contributed by atoms with E-state index in [0.717, 1.165) is 12.1 Å². The molecule has 0 atom stereocenters. The molecule has 1 saturated heterocycles. The van der Waals surface area contributed by atoms with Crippen molar-refractivity contribution >= 4 is 19.3 Å². The molecule has 31 heavy (non-hydrogen) atoms. The number of alkyl halides is 3. The fourth-order valence-electron chi connectivity index (χ4n) is 2.86. The Balaban J connectivity index is 2.40. The number of aryl methyl sites for hydroxylation is 1. The minimum atomic E-state index is -4.46. The highest BCUT2D eigenvalue weighted by atomic mass is 19.4. The van der Waals surface area contributed by atoms with Crippen LogP contribution in [0.3, 0.4) is 0 Å². The molecule has 0 radical (unpaired) electrons. The molecule has 1 aromatic rings. The van der Waals surface area contributed by atoms with Crippen LogP contribution in [0, 0.1) is 6.92 Å². The van der Waals surface area contributed by atoms with Crippen LogP contribution in [0.15, 0.2) is 23.7 Å². The molecule has 2 rings (SSSR count). The van der Waals surface area contributed by atoms with Gasteiger partial charge in [-0.15, -0.1) is 0 Å². The van der Waals surface area contributed by atoms with E-state index in [1.165, 1.54) is 6.07 Å². The second kappa shape index (κ2) is 8.50. The molecule has 5 nitrogen and oxygen atoms in total. The summed E-state index contributed by atoms with van der Waals surface area (Å²) in [5.74, 6) is 0. The summed E-state index contributed by atoms with van der Waals surface area (Å²) in [6.45, 7) is 14.4. The van der Waals surface area contributed by atoms with Crippen LogP contribution in [0.4, 0.5) is 18.0 Å². The van der Waals surface area contributed by atoms with Crippen LogP contribution < -0.4 is 5.32 Å². The lowest BCUT2D eigenvalue weighted by atomic mass is 9.76. The standard InChI is InChI=1S/C22H31BF3NO4/c1-14-9-10-16(22(24,25)26)11-15(14)12-17(13-27-18(28)29-19(2,3)4)23-30-20(5,6)21(7,8)31-23/h9-12H,13H2,1-8H3,(H,27,28). The Hall–Kier alpha value is -2.00. The fourth-order valence-corrected chi connectivity index (χ4v) is 2.86. The van der Waals surface area contributed by atoms with Gasteiger partial charge in [-0.25, -0.2) is 4.79 Å². The second-order valence-corrected chi connectivity index (χ2v) is 9.73. The lowest BCUT2D eigenvalue weighted by molar-refractivity contribution is -0.137. The SMILES string of the molecule is Cc1ccc(C(F)(F)F)cc1C=C(CNC(=O)OC(C)(C)C)B1OC(C)(C)C(C)(C)O1. The quantitative estimate of drug-likeness (QED) is 0.623. The van der Waals surface area contributed by atoms with Gasteiger partial charge in [0.25, 0.3) is 0 Å². The molecule has 0 unspecified atom stereocenters. The zero-order chi connectivity index (χ0) is 23.8. The van der Waals surface area contributed by atoms with Gasteiger partial charge in [0.05, 0.1) is 16.8 Å². The molecular formula is C22H31BF3NO4. The van der Waals surface area contributed by atoms with Crippen molar-refractivity contribution in [1.29, 1.82) is 0 Å². The van der Waals surface area contributed by atoms with Crippen molar-refractivity contribution in [3.05, 3.63) is 40.4 Å². The van der Waals surface area contributed by atoms with Crippen molar-refractivity contribution in [3.63, 3.8) is 0 Å². The summed E-state index contributed by atoms with van der Waals surface area (Å²) in [4.78, 5) is 12.1. The number of halogens is 3. The smallest absolute Gasteiger partial charge is 0.444 e. The summed E-state index contributed by atoms with van der Waals surface area (Å²) >= 11 is 0. The van der Waals surface area contributed by atoms with E-state index in [1.807, 2.05) is 27.7 Å². The van der Waals surface area contributed by atoms with Gasteiger partial charge in [0.2, 0.25) is 0 Å². The monoisotopic (exact) mass is 441 g/mol. The maximum absolute atomic E-state index is 13.2. The van der Waals surface area contributed by atoms with E-state index in [1.54, 1.807) is 33.8 Å². The van der Waals surface area contributed by atoms with E-state index in [2.05, 4.69) is 5.32 Å². The third-order valence-electron chi connectivity index (χ3n) is 5.34. The number of hydrogen-bond acceptors (Lipinski definition) is 4. The molecule has 1 aliphatic rings. The first-order chi connectivity index (χ1) is 13.9. The number of hydrogen-bond donors (Lipinski definition) is 1. The zero-order valence-corrected chi connectivity index (χ0v) is 19.4. The van der Waals surface area contributed by atoms with Crippen molar-refractivity contribution in [2.45, 2.75) is 78.4 Å². The van der Waals surface area contributed by atoms with Gasteiger partial charge < -0.3 is 19.4 Å². The number of ether oxygens (including phenoxy) is 1. The molecule has 172 valence electrons. The Morgan fingerprint density at radius 2 is 1.68 bits per heavy atom. The van der Waals surface area contributed by atoms with E-state index in [9.17, 15) is 18.0 Å². The number of alkyl carbamates (subject to hydrolysis) is 1. The van der Waals surface area contributed by atoms with E-state index in [0.29, 0.717) is 16.6 Å². The van der Waals surface area contributed by atoms with Crippen molar-refractivity contribution < 1.29 is 32.0 Å². The maximum Gasteiger partial charge on any atom is 0.492 e. The Kier molecular flexibility index (Phi) is 6.93. The number of amides is 1. The van der Waals surface area contributed by atoms with Crippen LogP contribution >= 0.6 is 0 Å². The molecule has 1 heterocycles. The Bertz CT molecular complexity index is 841. The minimum Gasteiger partial charge on any atom is -0.444 e. The highest BCUT2D eigenvalue weighted by Crippen LogP contribution is 2.39. The van der Waals surface area contributed by atoms with Crippen molar-refractivity contribution in [2.75, 3.05) is 6.54 Å². The molecule has 0 aromatic heterocycles. The summed E-state index contributed by atoms with van der Waals surface area (Å²) in [5.41, 5.74) is -1.23. The van der Waals surface area contributed by atoms with Gasteiger partial charge in [0.1, 0.15) is 5.60 Å². The Labute approximate surface area is 182 Å². The van der Waals surface area contributed by atoms with Crippen LogP contribution in [-0.2, 0) is 20.2 Å². The molecule has 0 aliphatic carbocycles. The third-order valence-corrected chi connectivity index (χ3v) is 5.34. The lowest BCUT2D eigenvalue weighted by Gasteiger charge is -2.32. The normalized spacial score (nSPS) is 18.8. The van der Waals surface area contributed by atoms with Gasteiger partial charge in [0.15, 0.2) is 0 Å². The number of carbonyl (C=O) groups excluding carboxylic acids is 1. The fraction of sp³-hybridized carbons (Fsp3) is 0.591. The number of rotatable bonds is 4. The van der Waals surface area contributed by atoms with Gasteiger partial charge in [-0.05, 0) is 84.1 Å². The summed E-state index contributed by atoms with van der Waals surface area (Å²) < 4.78 is 57.0. The Morgan fingerprint density at radius 1 is 1.13 bits per heavy atom. The van der Waals surface area contributed by atoms with E-state index < -0.39 is 41.8 Å². The van der Waals surface area contributed by atoms with Crippen LogP contribution in [0.5, 0.6) is 0 Å². The number of benzene rings is 1. The second-order valence-electron chi connectivity index (χ2n) is 9.73. The lowest BCUT2D eigenvalue weighted by Crippen LogP contribution is -2.41. The minimum absolute atomic E-state index is 0.0125. The molecule has 0 spiro atoms. The average molecular weight is 441 g/mol. The molecule has 1 aliphatic heterocycles. The third kappa shape index (κ3) is 6.49. The highest BCUT2D eigenvalue weighted by molar-refractivity contribution is 6.56. The van der Waals surface area contributed by atoms with E-state index in [-0.39, 0.29) is 6.54 Å². The molecule has 1 aromatic carbocycles. The van der Waals surface area contributed by atoms with Gasteiger partial charge in [0, 0.05) is 6.54 Å². The van der Waals surface area contributed by atoms with Gasteiger partial charge in [-0.2, -0.15) is 13.2 Å². The summed E-state index contributed by atoms with van der Waals surface area (Å²) in [6, 6.07) is 3.53. The van der Waals surface area contributed by atoms with Crippen molar-refractivity contribution in [1.82, 2.24) is 5.32 Å². The van der Waals surface area contributed by atoms with E-state index >= 15 is 0 Å². The highest BCUT2D eigenvalue weighted by Gasteiger charge is 2.52. The van der Waals surface area contributed by atoms with Gasteiger partial charge in [-0.3, -0.25) is 0 Å². The molecule has 1 fully saturated rings. The summed E-state index contributed by atoms with van der Waals surface area (Å²) in [5, 5.41) is 2.64. The van der Waals surface area contributed by atoms with Crippen molar-refractivity contribution in [2.24, 2.45) is 0 Å². The molecule has 0 saturated carbocycles. The molecule has 1 amide bonds. The van der Waals surface area contributed by atoms with Crippen molar-refractivity contribution in [3.8, 4) is 0 Å². The first kappa shape index (κ1) is 25.3. The summed E-state index contributed by atoms with van der Waals surface area (Å²) in [6.07, 6.45) is -3.53. The predicted molar refractivity (Wildman–Crippen MR) is 114 cm³/mol. The Morgan fingerprint density at radius 3 is 2.16 bits per heavy atom.